The van der Waals surface area contributed by atoms with Gasteiger partial charge in [0.25, 0.3) is 5.91 Å². The molecule has 43 heavy (non-hydrogen) atoms. The van der Waals surface area contributed by atoms with E-state index >= 15 is 0 Å². The third-order valence-electron chi connectivity index (χ3n) is 6.87. The minimum atomic E-state index is -4.88. The van der Waals surface area contributed by atoms with Crippen molar-refractivity contribution in [1.82, 2.24) is 0 Å². The first-order valence-electron chi connectivity index (χ1n) is 13.3. The van der Waals surface area contributed by atoms with Crippen molar-refractivity contribution in [2.24, 2.45) is 5.16 Å². The van der Waals surface area contributed by atoms with E-state index in [0.717, 1.165) is 5.56 Å². The molecule has 0 bridgehead atoms. The Bertz CT molecular complexity index is 1550. The molecule has 0 radical (unpaired) electrons. The van der Waals surface area contributed by atoms with Crippen molar-refractivity contribution in [3.05, 3.63) is 82.4 Å². The summed E-state index contributed by atoms with van der Waals surface area (Å²) in [5.74, 6) is -0.328. The van der Waals surface area contributed by atoms with Crippen LogP contribution in [0, 0.1) is 11.3 Å². The van der Waals surface area contributed by atoms with E-state index in [4.69, 9.17) is 26.4 Å². The monoisotopic (exact) mass is 614 g/mol. The van der Waals surface area contributed by atoms with E-state index < -0.39 is 29.5 Å². The smallest absolute Gasteiger partial charge is 0.497 e. The molecule has 3 aromatic rings. The molecule has 0 fully saturated rings. The first kappa shape index (κ1) is 31.5. The van der Waals surface area contributed by atoms with Crippen molar-refractivity contribution < 1.29 is 32.3 Å². The van der Waals surface area contributed by atoms with Gasteiger partial charge in [0.05, 0.1) is 31.0 Å². The molecule has 0 aromatic heterocycles. The number of nitriles is 1. The highest BCUT2D eigenvalue weighted by atomic mass is 35.5. The summed E-state index contributed by atoms with van der Waals surface area (Å²) in [7, 11) is 1.50. The fourth-order valence-electron chi connectivity index (χ4n) is 4.83. The number of fused-ring (bicyclic) bond motifs is 1. The number of benzene rings is 3. The van der Waals surface area contributed by atoms with E-state index in [0.29, 0.717) is 39.0 Å². The Hall–Kier alpha value is -4.43. The summed E-state index contributed by atoms with van der Waals surface area (Å²) < 4.78 is 48.7. The van der Waals surface area contributed by atoms with Crippen molar-refractivity contribution >= 4 is 34.6 Å². The van der Waals surface area contributed by atoms with Gasteiger partial charge in [-0.1, -0.05) is 48.8 Å². The van der Waals surface area contributed by atoms with Gasteiger partial charge in [0, 0.05) is 40.4 Å². The Morgan fingerprint density at radius 2 is 1.86 bits per heavy atom. The van der Waals surface area contributed by atoms with Gasteiger partial charge in [0.2, 0.25) is 0 Å². The van der Waals surface area contributed by atoms with E-state index in [1.165, 1.54) is 24.1 Å². The molecule has 0 saturated carbocycles. The van der Waals surface area contributed by atoms with Crippen LogP contribution >= 0.6 is 11.6 Å². The quantitative estimate of drug-likeness (QED) is 0.145. The molecule has 1 amide bonds. The highest BCUT2D eigenvalue weighted by Gasteiger charge is 2.41. The van der Waals surface area contributed by atoms with Crippen LogP contribution in [0.3, 0.4) is 0 Å². The normalized spacial score (nSPS) is 14.9. The zero-order valence-corrected chi connectivity index (χ0v) is 24.7. The van der Waals surface area contributed by atoms with E-state index in [9.17, 15) is 18.0 Å². The molecule has 1 atom stereocenters. The second-order valence-corrected chi connectivity index (χ2v) is 11.0. The first-order chi connectivity index (χ1) is 20.3. The Morgan fingerprint density at radius 3 is 2.51 bits per heavy atom. The van der Waals surface area contributed by atoms with Gasteiger partial charge in [-0.15, -0.1) is 13.2 Å². The van der Waals surface area contributed by atoms with Crippen LogP contribution in [0.5, 0.6) is 11.5 Å². The molecule has 0 spiro atoms. The van der Waals surface area contributed by atoms with Gasteiger partial charge < -0.3 is 24.5 Å². The Morgan fingerprint density at radius 1 is 1.14 bits per heavy atom. The van der Waals surface area contributed by atoms with Crippen molar-refractivity contribution in [2.45, 2.75) is 45.0 Å². The van der Waals surface area contributed by atoms with Gasteiger partial charge in [0.15, 0.2) is 0 Å². The van der Waals surface area contributed by atoms with Crippen LogP contribution in [0.15, 0.2) is 65.8 Å². The predicted octanol–water partition coefficient (Wildman–Crippen LogP) is 7.38. The van der Waals surface area contributed by atoms with Crippen LogP contribution in [0.4, 0.5) is 24.5 Å². The Labute approximate surface area is 252 Å². The fraction of sp³-hybridized carbons (Fsp3) is 0.323. The number of hydrogen-bond acceptors (Lipinski definition) is 7. The maximum absolute atomic E-state index is 14.3. The minimum absolute atomic E-state index is 0.138. The third kappa shape index (κ3) is 7.70. The molecular formula is C31H30ClF3N4O4. The summed E-state index contributed by atoms with van der Waals surface area (Å²) in [6.07, 6.45) is -4.69. The molecule has 1 unspecified atom stereocenters. The lowest BCUT2D eigenvalue weighted by Crippen LogP contribution is -2.39. The lowest BCUT2D eigenvalue weighted by Gasteiger charge is -2.27. The highest BCUT2D eigenvalue weighted by molar-refractivity contribution is 6.30. The molecule has 1 aliphatic heterocycles. The Kier molecular flexibility index (Phi) is 9.40. The number of nitrogens with one attached hydrogen (secondary N) is 1. The van der Waals surface area contributed by atoms with Crippen LogP contribution in [0.25, 0.3) is 0 Å². The topological polar surface area (TPSA) is 96.2 Å². The second-order valence-electron chi connectivity index (χ2n) is 10.5. The number of halogens is 4. The number of rotatable bonds is 10. The van der Waals surface area contributed by atoms with Crippen LogP contribution in [-0.4, -0.2) is 38.2 Å². The molecule has 226 valence electrons. The van der Waals surface area contributed by atoms with Crippen LogP contribution < -0.4 is 19.7 Å². The maximum Gasteiger partial charge on any atom is 0.573 e. The molecule has 1 N–H and O–H groups in total. The minimum Gasteiger partial charge on any atom is -0.497 e. The molecule has 1 aliphatic rings. The van der Waals surface area contributed by atoms with Crippen LogP contribution in [0.2, 0.25) is 5.02 Å². The summed E-state index contributed by atoms with van der Waals surface area (Å²) in [5.41, 5.74) is 2.78. The molecule has 1 heterocycles. The summed E-state index contributed by atoms with van der Waals surface area (Å²) >= 11 is 6.13. The van der Waals surface area contributed by atoms with Gasteiger partial charge in [-0.2, -0.15) is 5.26 Å². The number of carbonyl (C=O) groups is 1. The number of oxime groups is 1. The highest BCUT2D eigenvalue weighted by Crippen LogP contribution is 2.44. The summed E-state index contributed by atoms with van der Waals surface area (Å²) in [5, 5.41) is 16.5. The molecule has 0 aliphatic carbocycles. The number of alkyl halides is 3. The van der Waals surface area contributed by atoms with Crippen molar-refractivity contribution in [3.8, 4) is 17.6 Å². The number of carbonyl (C=O) groups excluding carboxylic acids is 1. The van der Waals surface area contributed by atoms with Crippen LogP contribution in [0.1, 0.15) is 49.9 Å². The second kappa shape index (κ2) is 12.8. The summed E-state index contributed by atoms with van der Waals surface area (Å²) in [4.78, 5) is 21.0. The third-order valence-corrected chi connectivity index (χ3v) is 7.12. The van der Waals surface area contributed by atoms with E-state index in [1.54, 1.807) is 55.5 Å². The van der Waals surface area contributed by atoms with E-state index in [1.807, 2.05) is 19.9 Å². The van der Waals surface area contributed by atoms with Crippen molar-refractivity contribution in [2.75, 3.05) is 30.5 Å². The van der Waals surface area contributed by atoms with Gasteiger partial charge in [0.1, 0.15) is 24.1 Å². The molecular weight excluding hydrogens is 585 g/mol. The fourth-order valence-corrected chi connectivity index (χ4v) is 4.95. The van der Waals surface area contributed by atoms with Crippen molar-refractivity contribution in [1.29, 1.82) is 5.26 Å². The molecule has 12 heteroatoms. The number of amides is 1. The van der Waals surface area contributed by atoms with Gasteiger partial charge >= 0.3 is 6.36 Å². The van der Waals surface area contributed by atoms with Crippen molar-refractivity contribution in [3.63, 3.8) is 0 Å². The van der Waals surface area contributed by atoms with Gasteiger partial charge in [-0.25, -0.2) is 0 Å². The average Bonchev–Trinajstić information content (AvgIpc) is 3.22. The zero-order valence-electron chi connectivity index (χ0n) is 24.0. The molecule has 0 saturated heterocycles. The van der Waals surface area contributed by atoms with E-state index in [2.05, 4.69) is 15.2 Å². The zero-order chi connectivity index (χ0) is 31.4. The van der Waals surface area contributed by atoms with Crippen LogP contribution in [-0.2, 0) is 15.0 Å². The predicted molar refractivity (Wildman–Crippen MR) is 158 cm³/mol. The molecule has 3 aromatic carbocycles. The lowest BCUT2D eigenvalue weighted by atomic mass is 9.87. The van der Waals surface area contributed by atoms with E-state index in [-0.39, 0.29) is 19.6 Å². The summed E-state index contributed by atoms with van der Waals surface area (Å²) in [6.45, 7) is 5.94. The molecule has 8 nitrogen and oxygen atoms in total. The summed E-state index contributed by atoms with van der Waals surface area (Å²) in [6, 6.07) is 17.0. The number of methoxy groups -OCH3 is 1. The largest absolute Gasteiger partial charge is 0.573 e. The standard InChI is InChI=1S/C31H30ClF3N4O4/c1-19(38-42-13-5-12-36)21-14-23(16-25(15-21)41-4)37-28(20-6-8-22(32)9-7-20)29(40)39-18-30(2,3)26-11-10-24(17-27(26)39)43-31(33,34)35/h6-11,14-17,28,37H,5,13,18H2,1-4H3. The SMILES string of the molecule is COc1cc(NC(C(=O)N2CC(C)(C)c3ccc(OC(F)(F)F)cc32)c2ccc(Cl)cc2)cc(C(C)=NOCCC#N)c1. The number of ether oxygens (including phenoxy) is 2. The number of hydrogen-bond donors (Lipinski definition) is 1. The van der Waals surface area contributed by atoms with Gasteiger partial charge in [-0.3, -0.25) is 4.79 Å². The molecule has 4 rings (SSSR count). The maximum atomic E-state index is 14.3. The number of nitrogens with zero attached hydrogens (tertiary/aromatic N) is 3. The first-order valence-corrected chi connectivity index (χ1v) is 13.7. The number of anilines is 2. The Balaban J connectivity index is 1.73. The van der Waals surface area contributed by atoms with Gasteiger partial charge in [-0.05, 0) is 48.4 Å². The average molecular weight is 615 g/mol. The lowest BCUT2D eigenvalue weighted by molar-refractivity contribution is -0.274.